The van der Waals surface area contributed by atoms with Gasteiger partial charge in [0.1, 0.15) is 5.84 Å². The maximum atomic E-state index is 12.0. The average Bonchev–Trinajstić information content (AvgIpc) is 2.03. The zero-order valence-electron chi connectivity index (χ0n) is 7.90. The Balaban J connectivity index is 0. The summed E-state index contributed by atoms with van der Waals surface area (Å²) in [7, 11) is 0. The van der Waals surface area contributed by atoms with Gasteiger partial charge in [0.15, 0.2) is 0 Å². The van der Waals surface area contributed by atoms with Crippen LogP contribution in [0.15, 0.2) is 24.3 Å². The second kappa shape index (κ2) is 4.32. The minimum atomic E-state index is -4.34. The minimum absolute atomic E-state index is 0. The van der Waals surface area contributed by atoms with Crippen molar-refractivity contribution in [1.82, 2.24) is 0 Å². The number of benzene rings is 1. The number of alkyl halides is 3. The van der Waals surface area contributed by atoms with Gasteiger partial charge in [0, 0.05) is 5.56 Å². The Labute approximate surface area is 86.3 Å². The highest BCUT2D eigenvalue weighted by atomic mass is 35.5. The van der Waals surface area contributed by atoms with Crippen LogP contribution >= 0.6 is 0 Å². The highest BCUT2D eigenvalue weighted by Crippen LogP contribution is 2.28. The molecule has 6 heteroatoms. The van der Waals surface area contributed by atoms with Crippen LogP contribution in [-0.4, -0.2) is 5.84 Å². The molecular formula is C8H8ClF3N2. The molecule has 0 aliphatic rings. The number of nitrogens with two attached hydrogens (primary N) is 1. The van der Waals surface area contributed by atoms with Crippen molar-refractivity contribution in [3.8, 4) is 0 Å². The van der Waals surface area contributed by atoms with E-state index in [9.17, 15) is 13.2 Å². The van der Waals surface area contributed by atoms with Gasteiger partial charge in [-0.05, 0) is 12.1 Å². The molecule has 0 fully saturated rings. The first-order valence-electron chi connectivity index (χ1n) is 3.43. The van der Waals surface area contributed by atoms with E-state index in [4.69, 9.17) is 11.1 Å². The molecule has 14 heavy (non-hydrogen) atoms. The first-order valence-corrected chi connectivity index (χ1v) is 3.43. The molecule has 1 aromatic carbocycles. The molecule has 0 saturated heterocycles. The van der Waals surface area contributed by atoms with E-state index in [1.807, 2.05) is 0 Å². The fraction of sp³-hybridized carbons (Fsp3) is 0.125. The minimum Gasteiger partial charge on any atom is -1.00 e. The molecule has 0 amide bonds. The Morgan fingerprint density at radius 1 is 1.21 bits per heavy atom. The Hall–Kier alpha value is -1.23. The summed E-state index contributed by atoms with van der Waals surface area (Å²) in [4.78, 5) is 0. The monoisotopic (exact) mass is 224 g/mol. The summed E-state index contributed by atoms with van der Waals surface area (Å²) < 4.78 is 36.1. The Morgan fingerprint density at radius 2 is 1.64 bits per heavy atom. The number of amidine groups is 1. The van der Waals surface area contributed by atoms with E-state index >= 15 is 0 Å². The van der Waals surface area contributed by atoms with Crippen molar-refractivity contribution in [2.24, 2.45) is 5.73 Å². The van der Waals surface area contributed by atoms with Gasteiger partial charge < -0.3 is 18.1 Å². The smallest absolute Gasteiger partial charge is 1.00 e. The van der Waals surface area contributed by atoms with Crippen LogP contribution in [0.2, 0.25) is 0 Å². The van der Waals surface area contributed by atoms with Crippen molar-refractivity contribution < 1.29 is 27.0 Å². The molecule has 2 nitrogen and oxygen atoms in total. The van der Waals surface area contributed by atoms with E-state index in [2.05, 4.69) is 0 Å². The van der Waals surface area contributed by atoms with Crippen molar-refractivity contribution in [2.45, 2.75) is 6.18 Å². The summed E-state index contributed by atoms with van der Waals surface area (Å²) in [6, 6.07) is 4.14. The Bertz CT molecular complexity index is 324. The molecule has 0 aliphatic heterocycles. The second-order valence-corrected chi connectivity index (χ2v) is 2.49. The van der Waals surface area contributed by atoms with Crippen LogP contribution in [0, 0.1) is 5.41 Å². The molecule has 0 aromatic heterocycles. The second-order valence-electron chi connectivity index (χ2n) is 2.49. The summed E-state index contributed by atoms with van der Waals surface area (Å²) in [5, 5.41) is 6.96. The van der Waals surface area contributed by atoms with E-state index < -0.39 is 11.7 Å². The van der Waals surface area contributed by atoms with Gasteiger partial charge in [0.25, 0.3) is 0 Å². The molecule has 0 bridgehead atoms. The van der Waals surface area contributed by atoms with E-state index in [0.717, 1.165) is 12.1 Å². The fourth-order valence-electron chi connectivity index (χ4n) is 0.839. The SMILES string of the molecule is N=C(N)c1ccc(C(F)(F)F)cc1.[Cl-].[H+]. The summed E-state index contributed by atoms with van der Waals surface area (Å²) in [6.07, 6.45) is -4.34. The largest absolute Gasteiger partial charge is 1.00 e. The van der Waals surface area contributed by atoms with Crippen molar-refractivity contribution in [3.05, 3.63) is 35.4 Å². The standard InChI is InChI=1S/C8H7F3N2.ClH/c9-8(10,11)6-3-1-5(2-4-6)7(12)13;/h1-4H,(H3,12,13);1H. The van der Waals surface area contributed by atoms with Gasteiger partial charge >= 0.3 is 7.60 Å². The van der Waals surface area contributed by atoms with E-state index in [-0.39, 0.29) is 25.2 Å². The number of hydrogen-bond donors (Lipinski definition) is 2. The van der Waals surface area contributed by atoms with Crippen molar-refractivity contribution >= 4 is 5.84 Å². The quantitative estimate of drug-likeness (QED) is 0.472. The maximum Gasteiger partial charge on any atom is 1.00 e. The summed E-state index contributed by atoms with van der Waals surface area (Å²) in [5.41, 5.74) is 4.62. The van der Waals surface area contributed by atoms with E-state index in [1.54, 1.807) is 0 Å². The Morgan fingerprint density at radius 3 is 1.93 bits per heavy atom. The molecule has 0 saturated carbocycles. The third-order valence-corrected chi connectivity index (χ3v) is 1.52. The third kappa shape index (κ3) is 2.92. The molecule has 0 spiro atoms. The van der Waals surface area contributed by atoms with E-state index in [0.29, 0.717) is 0 Å². The molecule has 0 heterocycles. The lowest BCUT2D eigenvalue weighted by molar-refractivity contribution is -0.137. The van der Waals surface area contributed by atoms with Crippen molar-refractivity contribution in [2.75, 3.05) is 0 Å². The number of rotatable bonds is 1. The van der Waals surface area contributed by atoms with Crippen LogP contribution in [-0.2, 0) is 6.18 Å². The summed E-state index contributed by atoms with van der Waals surface area (Å²) >= 11 is 0. The van der Waals surface area contributed by atoms with Gasteiger partial charge in [0.2, 0.25) is 0 Å². The third-order valence-electron chi connectivity index (χ3n) is 1.52. The van der Waals surface area contributed by atoms with Crippen LogP contribution in [0.1, 0.15) is 12.6 Å². The van der Waals surface area contributed by atoms with Gasteiger partial charge in [-0.15, -0.1) is 0 Å². The highest BCUT2D eigenvalue weighted by Gasteiger charge is 2.29. The highest BCUT2D eigenvalue weighted by molar-refractivity contribution is 5.94. The lowest BCUT2D eigenvalue weighted by atomic mass is 10.1. The normalized spacial score (nSPS) is 10.5. The molecule has 78 valence electrons. The molecule has 0 unspecified atom stereocenters. The molecule has 1 aromatic rings. The van der Waals surface area contributed by atoms with E-state index in [1.165, 1.54) is 12.1 Å². The molecule has 0 radical (unpaired) electrons. The van der Waals surface area contributed by atoms with Crippen LogP contribution in [0.25, 0.3) is 0 Å². The topological polar surface area (TPSA) is 49.9 Å². The van der Waals surface area contributed by atoms with Gasteiger partial charge in [0.05, 0.1) is 5.56 Å². The average molecular weight is 225 g/mol. The number of nitrogen functional groups attached to an aromatic ring is 1. The molecule has 0 atom stereocenters. The van der Waals surface area contributed by atoms with Crippen molar-refractivity contribution in [1.29, 1.82) is 5.41 Å². The van der Waals surface area contributed by atoms with Gasteiger partial charge in [-0.1, -0.05) is 12.1 Å². The number of hydrogen-bond acceptors (Lipinski definition) is 1. The molecule has 3 N–H and O–H groups in total. The molecule has 1 rings (SSSR count). The van der Waals surface area contributed by atoms with Crippen LogP contribution in [0.3, 0.4) is 0 Å². The first-order chi connectivity index (χ1) is 5.91. The van der Waals surface area contributed by atoms with Gasteiger partial charge in [-0.3, -0.25) is 5.41 Å². The first kappa shape index (κ1) is 12.8. The van der Waals surface area contributed by atoms with Crippen LogP contribution in [0.4, 0.5) is 13.2 Å². The fourth-order valence-corrected chi connectivity index (χ4v) is 0.839. The maximum absolute atomic E-state index is 12.0. The van der Waals surface area contributed by atoms with Crippen LogP contribution < -0.4 is 18.1 Å². The summed E-state index contributed by atoms with van der Waals surface area (Å²) in [5.74, 6) is -0.242. The number of nitrogens with one attached hydrogen (secondary N) is 1. The number of halogens is 4. The zero-order valence-corrected chi connectivity index (χ0v) is 7.65. The summed E-state index contributed by atoms with van der Waals surface area (Å²) in [6.45, 7) is 0. The predicted octanol–water partition coefficient (Wildman–Crippen LogP) is -0.894. The zero-order chi connectivity index (χ0) is 10.1. The predicted molar refractivity (Wildman–Crippen MR) is 43.6 cm³/mol. The lowest BCUT2D eigenvalue weighted by Crippen LogP contribution is -3.00. The van der Waals surface area contributed by atoms with Crippen molar-refractivity contribution in [3.63, 3.8) is 0 Å². The molecular weight excluding hydrogens is 217 g/mol. The Kier molecular flexibility index (Phi) is 3.94. The van der Waals surface area contributed by atoms with Crippen LogP contribution in [0.5, 0.6) is 0 Å². The van der Waals surface area contributed by atoms with Gasteiger partial charge in [-0.25, -0.2) is 0 Å². The lowest BCUT2D eigenvalue weighted by Gasteiger charge is -2.06. The van der Waals surface area contributed by atoms with Gasteiger partial charge in [-0.2, -0.15) is 13.2 Å². The molecule has 0 aliphatic carbocycles.